The van der Waals surface area contributed by atoms with E-state index >= 15 is 0 Å². The summed E-state index contributed by atoms with van der Waals surface area (Å²) in [4.78, 5) is 24.1. The number of hydrogen-bond acceptors (Lipinski definition) is 4. The molecule has 5 nitrogen and oxygen atoms in total. The molecule has 0 unspecified atom stereocenters. The van der Waals surface area contributed by atoms with Crippen molar-refractivity contribution in [2.45, 2.75) is 39.3 Å². The second kappa shape index (κ2) is 10.5. The molecule has 0 aliphatic heterocycles. The van der Waals surface area contributed by atoms with Crippen LogP contribution in [0.25, 0.3) is 0 Å². The van der Waals surface area contributed by atoms with Gasteiger partial charge in [-0.25, -0.2) is 0 Å². The second-order valence-electron chi connectivity index (χ2n) is 5.54. The first-order valence-electron chi connectivity index (χ1n) is 7.32. The number of nitrogens with one attached hydrogen (secondary N) is 2. The van der Waals surface area contributed by atoms with E-state index in [9.17, 15) is 9.59 Å². The number of nitrogens with two attached hydrogens (primary N) is 1. The third kappa shape index (κ3) is 7.24. The van der Waals surface area contributed by atoms with Crippen molar-refractivity contribution in [3.63, 3.8) is 0 Å². The van der Waals surface area contributed by atoms with Gasteiger partial charge >= 0.3 is 0 Å². The minimum absolute atomic E-state index is 0. The van der Waals surface area contributed by atoms with Crippen LogP contribution in [0.5, 0.6) is 0 Å². The molecule has 0 spiro atoms. The van der Waals surface area contributed by atoms with Gasteiger partial charge < -0.3 is 16.4 Å². The molecule has 0 radical (unpaired) electrons. The van der Waals surface area contributed by atoms with Gasteiger partial charge in [0.2, 0.25) is 5.91 Å². The number of amides is 2. The van der Waals surface area contributed by atoms with Crippen LogP contribution < -0.4 is 16.4 Å². The Morgan fingerprint density at radius 1 is 1.30 bits per heavy atom. The lowest BCUT2D eigenvalue weighted by molar-refractivity contribution is -0.117. The maximum Gasteiger partial charge on any atom is 0.251 e. The lowest BCUT2D eigenvalue weighted by Crippen LogP contribution is -2.36. The second-order valence-corrected chi connectivity index (χ2v) is 6.52. The van der Waals surface area contributed by atoms with Gasteiger partial charge in [0.1, 0.15) is 0 Å². The van der Waals surface area contributed by atoms with Crippen LogP contribution in [0.3, 0.4) is 0 Å². The zero-order valence-electron chi connectivity index (χ0n) is 14.0. The maximum absolute atomic E-state index is 12.1. The highest BCUT2D eigenvalue weighted by Gasteiger charge is 2.15. The molecule has 2 amide bonds. The van der Waals surface area contributed by atoms with Crippen LogP contribution in [0.15, 0.2) is 18.2 Å². The Balaban J connectivity index is 0.00000484. The summed E-state index contributed by atoms with van der Waals surface area (Å²) in [6, 6.07) is 4.77. The molecule has 0 saturated carbocycles. The van der Waals surface area contributed by atoms with Crippen molar-refractivity contribution in [2.75, 3.05) is 17.3 Å². The Kier molecular flexibility index (Phi) is 9.95. The average Bonchev–Trinajstić information content (AvgIpc) is 2.46. The van der Waals surface area contributed by atoms with Gasteiger partial charge in [0.15, 0.2) is 0 Å². The summed E-state index contributed by atoms with van der Waals surface area (Å²) >= 11 is 1.66. The molecule has 0 aliphatic carbocycles. The Morgan fingerprint density at radius 2 is 1.96 bits per heavy atom. The highest BCUT2D eigenvalue weighted by molar-refractivity contribution is 7.98. The number of thioether (sulfide) groups is 1. The molecule has 0 heterocycles. The van der Waals surface area contributed by atoms with Gasteiger partial charge in [-0.15, -0.1) is 12.4 Å². The van der Waals surface area contributed by atoms with E-state index in [1.807, 2.05) is 33.1 Å². The van der Waals surface area contributed by atoms with E-state index < -0.39 is 6.04 Å². The highest BCUT2D eigenvalue weighted by Crippen LogP contribution is 2.17. The van der Waals surface area contributed by atoms with Gasteiger partial charge in [-0.05, 0) is 56.9 Å². The third-order valence-corrected chi connectivity index (χ3v) is 3.79. The molecule has 4 N–H and O–H groups in total. The summed E-state index contributed by atoms with van der Waals surface area (Å²) in [5, 5.41) is 5.64. The number of anilines is 1. The van der Waals surface area contributed by atoms with Gasteiger partial charge in [0, 0.05) is 17.3 Å². The number of rotatable bonds is 7. The van der Waals surface area contributed by atoms with Crippen molar-refractivity contribution in [1.29, 1.82) is 0 Å². The molecular formula is C16H26ClN3O2S. The Morgan fingerprint density at radius 3 is 2.52 bits per heavy atom. The number of carbonyl (C=O) groups excluding carboxylic acids is 2. The van der Waals surface area contributed by atoms with Crippen LogP contribution in [-0.2, 0) is 4.79 Å². The molecule has 130 valence electrons. The minimum atomic E-state index is -0.542. The zero-order chi connectivity index (χ0) is 16.7. The van der Waals surface area contributed by atoms with Crippen molar-refractivity contribution in [3.05, 3.63) is 29.3 Å². The van der Waals surface area contributed by atoms with E-state index in [-0.39, 0.29) is 30.3 Å². The largest absolute Gasteiger partial charge is 0.350 e. The Labute approximate surface area is 148 Å². The van der Waals surface area contributed by atoms with Crippen LogP contribution in [0.2, 0.25) is 0 Å². The minimum Gasteiger partial charge on any atom is -0.350 e. The fraction of sp³-hybridized carbons (Fsp3) is 0.500. The molecule has 0 bridgehead atoms. The lowest BCUT2D eigenvalue weighted by atomic mass is 10.1. The number of carbonyl (C=O) groups is 2. The van der Waals surface area contributed by atoms with Crippen molar-refractivity contribution >= 4 is 41.7 Å². The molecule has 0 fully saturated rings. The molecule has 7 heteroatoms. The molecule has 1 atom stereocenters. The van der Waals surface area contributed by atoms with Gasteiger partial charge in [-0.3, -0.25) is 9.59 Å². The van der Waals surface area contributed by atoms with E-state index in [1.54, 1.807) is 23.9 Å². The van der Waals surface area contributed by atoms with Gasteiger partial charge in [0.25, 0.3) is 5.91 Å². The first-order chi connectivity index (χ1) is 10.3. The summed E-state index contributed by atoms with van der Waals surface area (Å²) in [5.41, 5.74) is 7.90. The molecule has 23 heavy (non-hydrogen) atoms. The molecule has 1 aromatic rings. The molecule has 1 rings (SSSR count). The van der Waals surface area contributed by atoms with E-state index in [4.69, 9.17) is 5.73 Å². The first kappa shape index (κ1) is 21.8. The van der Waals surface area contributed by atoms with Crippen LogP contribution in [0.1, 0.15) is 36.2 Å². The van der Waals surface area contributed by atoms with E-state index in [0.29, 0.717) is 17.7 Å². The highest BCUT2D eigenvalue weighted by atomic mass is 35.5. The summed E-state index contributed by atoms with van der Waals surface area (Å²) in [6.07, 6.45) is 2.60. The molecule has 0 saturated heterocycles. The Bertz CT molecular complexity index is 538. The van der Waals surface area contributed by atoms with Crippen molar-refractivity contribution in [2.24, 2.45) is 5.73 Å². The normalized spacial score (nSPS) is 11.6. The SMILES string of the molecule is CSCC[C@H](N)C(=O)Nc1cc(C(=O)NC(C)C)ccc1C.Cl. The summed E-state index contributed by atoms with van der Waals surface area (Å²) in [6.45, 7) is 5.69. The summed E-state index contributed by atoms with van der Waals surface area (Å²) in [7, 11) is 0. The number of aryl methyl sites for hydroxylation is 1. The average molecular weight is 360 g/mol. The van der Waals surface area contributed by atoms with E-state index in [1.165, 1.54) is 0 Å². The predicted molar refractivity (Wildman–Crippen MR) is 101 cm³/mol. The smallest absolute Gasteiger partial charge is 0.251 e. The van der Waals surface area contributed by atoms with Gasteiger partial charge in [-0.2, -0.15) is 11.8 Å². The quantitative estimate of drug-likeness (QED) is 0.698. The monoisotopic (exact) mass is 359 g/mol. The molecule has 1 aromatic carbocycles. The number of halogens is 1. The van der Waals surface area contributed by atoms with Crippen LogP contribution in [0.4, 0.5) is 5.69 Å². The summed E-state index contributed by atoms with van der Waals surface area (Å²) in [5.74, 6) is 0.459. The fourth-order valence-electron chi connectivity index (χ4n) is 1.84. The lowest BCUT2D eigenvalue weighted by Gasteiger charge is -2.15. The number of benzene rings is 1. The fourth-order valence-corrected chi connectivity index (χ4v) is 2.33. The van der Waals surface area contributed by atoms with Crippen LogP contribution >= 0.6 is 24.2 Å². The van der Waals surface area contributed by atoms with Crippen molar-refractivity contribution in [3.8, 4) is 0 Å². The third-order valence-electron chi connectivity index (χ3n) is 3.15. The van der Waals surface area contributed by atoms with Crippen LogP contribution in [-0.4, -0.2) is 35.9 Å². The Hall–Kier alpha value is -1.24. The maximum atomic E-state index is 12.1. The van der Waals surface area contributed by atoms with Crippen molar-refractivity contribution < 1.29 is 9.59 Å². The standard InChI is InChI=1S/C16H25N3O2S.ClH/c1-10(2)18-15(20)12-6-5-11(3)14(9-12)19-16(21)13(17)7-8-22-4;/h5-6,9-10,13H,7-8,17H2,1-4H3,(H,18,20)(H,19,21);1H/t13-;/m0./s1. The van der Waals surface area contributed by atoms with Crippen LogP contribution in [0, 0.1) is 6.92 Å². The molecule has 0 aromatic heterocycles. The predicted octanol–water partition coefficient (Wildman–Crippen LogP) is 2.57. The molecule has 0 aliphatic rings. The van der Waals surface area contributed by atoms with E-state index in [2.05, 4.69) is 10.6 Å². The van der Waals surface area contributed by atoms with E-state index in [0.717, 1.165) is 11.3 Å². The zero-order valence-corrected chi connectivity index (χ0v) is 15.6. The van der Waals surface area contributed by atoms with Gasteiger partial charge in [-0.1, -0.05) is 6.07 Å². The first-order valence-corrected chi connectivity index (χ1v) is 8.71. The summed E-state index contributed by atoms with van der Waals surface area (Å²) < 4.78 is 0. The topological polar surface area (TPSA) is 84.2 Å². The molecular weight excluding hydrogens is 334 g/mol. The number of hydrogen-bond donors (Lipinski definition) is 3. The van der Waals surface area contributed by atoms with Crippen molar-refractivity contribution in [1.82, 2.24) is 5.32 Å². The van der Waals surface area contributed by atoms with Gasteiger partial charge in [0.05, 0.1) is 6.04 Å².